The Bertz CT molecular complexity index is 959. The molecular formula is C13H16Br2N6O7S. The van der Waals surface area contributed by atoms with Crippen LogP contribution in [0.5, 0.6) is 0 Å². The molecule has 2 amide bonds. The number of aliphatic carboxylic acids is 1. The van der Waals surface area contributed by atoms with E-state index in [9.17, 15) is 32.5 Å². The average Bonchev–Trinajstić information content (AvgIpc) is 3.05. The minimum absolute atomic E-state index is 0.113. The van der Waals surface area contributed by atoms with E-state index in [0.29, 0.717) is 9.08 Å². The molecule has 0 aliphatic carbocycles. The first-order valence-electron chi connectivity index (χ1n) is 7.81. The van der Waals surface area contributed by atoms with E-state index in [1.165, 1.54) is 6.07 Å². The molecule has 0 aromatic carbocycles. The van der Waals surface area contributed by atoms with E-state index in [-0.39, 0.29) is 11.7 Å². The lowest BCUT2D eigenvalue weighted by Gasteiger charge is -2.29. The second-order valence-electron chi connectivity index (χ2n) is 5.94. The summed E-state index contributed by atoms with van der Waals surface area (Å²) >= 11 is 6.36. The molecule has 0 bridgehead atoms. The number of carboxylic acids is 1. The van der Waals surface area contributed by atoms with Crippen LogP contribution < -0.4 is 26.7 Å². The van der Waals surface area contributed by atoms with Gasteiger partial charge in [-0.2, -0.15) is 0 Å². The third-order valence-electron chi connectivity index (χ3n) is 3.95. The van der Waals surface area contributed by atoms with Gasteiger partial charge in [-0.05, 0) is 37.9 Å². The van der Waals surface area contributed by atoms with Crippen LogP contribution in [0.15, 0.2) is 15.1 Å². The van der Waals surface area contributed by atoms with Crippen molar-refractivity contribution >= 4 is 65.7 Å². The number of rotatable bonds is 9. The number of carbonyl (C=O) groups is 3. The molecule has 0 unspecified atom stereocenters. The van der Waals surface area contributed by atoms with E-state index in [4.69, 9.17) is 5.73 Å². The Hall–Kier alpha value is -2.01. The minimum atomic E-state index is -4.62. The summed E-state index contributed by atoms with van der Waals surface area (Å²) in [7, 11) is -4.62. The van der Waals surface area contributed by atoms with Crippen LogP contribution >= 0.6 is 31.9 Å². The van der Waals surface area contributed by atoms with Crippen molar-refractivity contribution in [3.05, 3.63) is 20.8 Å². The van der Waals surface area contributed by atoms with Crippen LogP contribution in [0.1, 0.15) is 10.5 Å². The van der Waals surface area contributed by atoms with Gasteiger partial charge in [-0.25, -0.2) is 18.7 Å². The number of amides is 2. The molecule has 160 valence electrons. The number of hydrogen-bond donors (Lipinski definition) is 7. The van der Waals surface area contributed by atoms with Gasteiger partial charge in [-0.1, -0.05) is 0 Å². The average molecular weight is 560 g/mol. The van der Waals surface area contributed by atoms with Gasteiger partial charge in [-0.3, -0.25) is 25.4 Å². The highest BCUT2D eigenvalue weighted by Gasteiger charge is 2.56. The Morgan fingerprint density at radius 1 is 1.41 bits per heavy atom. The SMILES string of the molecule is NC1=[NH+][C@@](NCCS(=O)(=O)[O-])([C@@H](CNC(=O)c2cc(Br)c(Br)[nH]2)C(=O)O)C(=O)N1. The second kappa shape index (κ2) is 8.78. The summed E-state index contributed by atoms with van der Waals surface area (Å²) in [6.07, 6.45) is 0. The van der Waals surface area contributed by atoms with Crippen molar-refractivity contribution in [2.75, 3.05) is 18.8 Å². The number of guanidine groups is 1. The molecule has 1 aliphatic heterocycles. The zero-order valence-corrected chi connectivity index (χ0v) is 18.4. The highest BCUT2D eigenvalue weighted by molar-refractivity contribution is 9.13. The largest absolute Gasteiger partial charge is 0.748 e. The van der Waals surface area contributed by atoms with E-state index in [1.807, 2.05) is 0 Å². The number of hydrogen-bond acceptors (Lipinski definition) is 8. The Kier molecular flexibility index (Phi) is 7.05. The predicted molar refractivity (Wildman–Crippen MR) is 103 cm³/mol. The molecule has 8 N–H and O–H groups in total. The van der Waals surface area contributed by atoms with Crippen molar-refractivity contribution in [1.29, 1.82) is 0 Å². The van der Waals surface area contributed by atoms with Crippen LogP contribution in [0, 0.1) is 5.92 Å². The number of halogens is 2. The molecule has 1 aromatic heterocycles. The van der Waals surface area contributed by atoms with E-state index < -0.39 is 58.3 Å². The topological polar surface area (TPSA) is 221 Å². The molecule has 0 spiro atoms. The molecule has 0 radical (unpaired) electrons. The molecule has 2 heterocycles. The molecule has 1 aliphatic rings. The number of carboxylic acid groups (broad SMARTS) is 1. The molecular weight excluding hydrogens is 544 g/mol. The molecule has 2 atom stereocenters. The van der Waals surface area contributed by atoms with Gasteiger partial charge < -0.3 is 20.0 Å². The molecule has 2 rings (SSSR count). The van der Waals surface area contributed by atoms with Gasteiger partial charge in [0.05, 0.1) is 24.9 Å². The Balaban J connectivity index is 2.24. The summed E-state index contributed by atoms with van der Waals surface area (Å²) in [4.78, 5) is 41.7. The van der Waals surface area contributed by atoms with Crippen molar-refractivity contribution in [3.8, 4) is 0 Å². The van der Waals surface area contributed by atoms with Crippen molar-refractivity contribution in [1.82, 2.24) is 20.9 Å². The summed E-state index contributed by atoms with van der Waals surface area (Å²) in [5.74, 6) is -5.85. The summed E-state index contributed by atoms with van der Waals surface area (Å²) < 4.78 is 33.5. The monoisotopic (exact) mass is 558 g/mol. The highest BCUT2D eigenvalue weighted by atomic mass is 79.9. The van der Waals surface area contributed by atoms with Crippen LogP contribution in [0.2, 0.25) is 0 Å². The fourth-order valence-electron chi connectivity index (χ4n) is 2.63. The standard InChI is InChI=1S/C13H16Br2N6O7S/c14-6-3-7(19-8(6)15)9(22)17-4-5(10(23)24)13(11(25)20-12(16)21-13)18-1-2-29(26,27)28/h3,5,18-19H,1-2,4H2,(H,17,22)(H,23,24)(H,26,27,28)(H3,16,20,21,25)/t5-,13-/m0/s1. The molecule has 0 saturated carbocycles. The molecule has 16 heteroatoms. The van der Waals surface area contributed by atoms with Gasteiger partial charge in [0, 0.05) is 13.1 Å². The highest BCUT2D eigenvalue weighted by Crippen LogP contribution is 2.23. The van der Waals surface area contributed by atoms with Crippen LogP contribution in [0.25, 0.3) is 0 Å². The maximum absolute atomic E-state index is 12.4. The summed E-state index contributed by atoms with van der Waals surface area (Å²) in [5, 5.41) is 16.6. The summed E-state index contributed by atoms with van der Waals surface area (Å²) in [5.41, 5.74) is 3.54. The number of H-pyrrole nitrogens is 1. The number of nitrogens with one attached hydrogen (secondary N) is 5. The Morgan fingerprint density at radius 2 is 2.07 bits per heavy atom. The minimum Gasteiger partial charge on any atom is -0.748 e. The third kappa shape index (κ3) is 5.53. The lowest BCUT2D eigenvalue weighted by atomic mass is 9.92. The van der Waals surface area contributed by atoms with Crippen molar-refractivity contribution in [2.24, 2.45) is 11.7 Å². The van der Waals surface area contributed by atoms with E-state index in [0.717, 1.165) is 0 Å². The number of carbonyl (C=O) groups excluding carboxylic acids is 2. The maximum atomic E-state index is 12.4. The summed E-state index contributed by atoms with van der Waals surface area (Å²) in [6, 6.07) is 1.45. The second-order valence-corrected chi connectivity index (χ2v) is 9.11. The zero-order chi connectivity index (χ0) is 22.0. The third-order valence-corrected chi connectivity index (χ3v) is 6.44. The van der Waals surface area contributed by atoms with Crippen LogP contribution in [0.3, 0.4) is 0 Å². The number of aromatic amines is 1. The van der Waals surface area contributed by atoms with Gasteiger partial charge in [0.1, 0.15) is 11.6 Å². The fourth-order valence-corrected chi connectivity index (χ4v) is 3.64. The van der Waals surface area contributed by atoms with Crippen molar-refractivity contribution in [2.45, 2.75) is 5.66 Å². The zero-order valence-electron chi connectivity index (χ0n) is 14.4. The predicted octanol–water partition coefficient (Wildman–Crippen LogP) is -3.67. The van der Waals surface area contributed by atoms with E-state index in [1.54, 1.807) is 0 Å². The molecule has 29 heavy (non-hydrogen) atoms. The van der Waals surface area contributed by atoms with Gasteiger partial charge in [-0.15, -0.1) is 0 Å². The first kappa shape index (κ1) is 23.3. The Labute approximate surface area is 180 Å². The lowest BCUT2D eigenvalue weighted by molar-refractivity contribution is -0.546. The van der Waals surface area contributed by atoms with Crippen molar-refractivity contribution in [3.63, 3.8) is 0 Å². The molecule has 13 nitrogen and oxygen atoms in total. The molecule has 0 saturated heterocycles. The fraction of sp³-hybridized carbons (Fsp3) is 0.385. The van der Waals surface area contributed by atoms with Gasteiger partial charge in [0.2, 0.25) is 5.66 Å². The van der Waals surface area contributed by atoms with Crippen LogP contribution in [0.4, 0.5) is 0 Å². The quantitative estimate of drug-likeness (QED) is 0.148. The smallest absolute Gasteiger partial charge is 0.350 e. The number of aromatic nitrogens is 1. The van der Waals surface area contributed by atoms with E-state index in [2.05, 4.69) is 57.8 Å². The normalized spacial score (nSPS) is 20.1. The molecule has 0 fully saturated rings. The summed E-state index contributed by atoms with van der Waals surface area (Å²) in [6.45, 7) is -1.07. The van der Waals surface area contributed by atoms with Gasteiger partial charge in [0.15, 0.2) is 0 Å². The van der Waals surface area contributed by atoms with Crippen LogP contribution in [-0.2, 0) is 19.7 Å². The van der Waals surface area contributed by atoms with Gasteiger partial charge >= 0.3 is 17.8 Å². The maximum Gasteiger partial charge on any atom is 0.350 e. The van der Waals surface area contributed by atoms with Gasteiger partial charge in [0.25, 0.3) is 5.91 Å². The first-order chi connectivity index (χ1) is 13.4. The van der Waals surface area contributed by atoms with E-state index >= 15 is 0 Å². The number of nitrogens with two attached hydrogens (primary N) is 1. The van der Waals surface area contributed by atoms with Crippen LogP contribution in [-0.4, -0.2) is 71.3 Å². The lowest BCUT2D eigenvalue weighted by Crippen LogP contribution is -2.95. The van der Waals surface area contributed by atoms with Crippen molar-refractivity contribution < 1.29 is 37.5 Å². The first-order valence-corrected chi connectivity index (χ1v) is 11.0. The Morgan fingerprint density at radius 3 is 2.52 bits per heavy atom. The molecule has 1 aromatic rings.